The van der Waals surface area contributed by atoms with E-state index in [9.17, 15) is 14.4 Å². The standard InChI is InChI=1S/C40H36F2N6O4S/c1-46(21-28-19-16-26(20-44-28)38(49)52-2)22-31-34-35(24-8-6-9-24)48(29-10-4-3-5-11-29)40(51)47(23-30-32(41)12-7-13-33(30)42)37(34)53-36(31)25-14-17-27(18-15-25)45-39(43)50/h3-5,7,10-20H,6,8-9,21-23H2,1-2H3,(H3,43,45,50). The minimum absolute atomic E-state index is 0.212. The third-order valence-corrected chi connectivity index (χ3v) is 10.6. The topological polar surface area (TPSA) is 121 Å². The van der Waals surface area contributed by atoms with Crippen molar-refractivity contribution in [3.63, 3.8) is 0 Å². The van der Waals surface area contributed by atoms with E-state index in [1.807, 2.05) is 49.5 Å². The molecule has 3 heterocycles. The molecule has 13 heteroatoms. The summed E-state index contributed by atoms with van der Waals surface area (Å²) in [6.07, 6.45) is 4.06. The number of methoxy groups -OCH3 is 1. The zero-order chi connectivity index (χ0) is 37.2. The second-order valence-corrected chi connectivity index (χ2v) is 13.9. The number of carbonyl (C=O) groups excluding carboxylic acids is 3. The number of nitrogens with zero attached hydrogens (tertiary/aromatic N) is 4. The van der Waals surface area contributed by atoms with Gasteiger partial charge in [0.05, 0.1) is 36.3 Å². The highest BCUT2D eigenvalue weighted by Crippen LogP contribution is 2.53. The number of para-hydroxylation sites is 1. The minimum Gasteiger partial charge on any atom is -0.465 e. The van der Waals surface area contributed by atoms with Crippen molar-refractivity contribution in [3.8, 4) is 10.4 Å². The van der Waals surface area contributed by atoms with Gasteiger partial charge in [-0.05, 0) is 91.5 Å². The number of nitrogens with one attached hydrogen (secondary N) is 1. The van der Waals surface area contributed by atoms with Crippen LogP contribution in [0.2, 0.25) is 0 Å². The monoisotopic (exact) mass is 734 g/mol. The lowest BCUT2D eigenvalue weighted by atomic mass is 9.85. The van der Waals surface area contributed by atoms with Crippen LogP contribution in [0.25, 0.3) is 16.1 Å². The first-order valence-electron chi connectivity index (χ1n) is 17.0. The van der Waals surface area contributed by atoms with Crippen LogP contribution < -0.4 is 20.9 Å². The van der Waals surface area contributed by atoms with Gasteiger partial charge in [-0.1, -0.05) is 36.4 Å². The fraction of sp³-hybridized carbons (Fsp3) is 0.200. The molecular weight excluding hydrogens is 699 g/mol. The van der Waals surface area contributed by atoms with E-state index in [-0.39, 0.29) is 12.1 Å². The van der Waals surface area contributed by atoms with Crippen molar-refractivity contribution in [2.24, 2.45) is 5.73 Å². The summed E-state index contributed by atoms with van der Waals surface area (Å²) in [5.74, 6) is -1.96. The Kier molecular flexibility index (Phi) is 10.0. The molecule has 0 unspecified atom stereocenters. The van der Waals surface area contributed by atoms with Crippen LogP contribution in [-0.2, 0) is 24.4 Å². The highest BCUT2D eigenvalue weighted by Gasteiger charge is 2.42. The maximum Gasteiger partial charge on any atom is 0.339 e. The minimum atomic E-state index is -0.742. The number of amides is 4. The number of aromatic nitrogens is 1. The summed E-state index contributed by atoms with van der Waals surface area (Å²) >= 11 is 1.38. The molecule has 3 aromatic carbocycles. The molecule has 0 bridgehead atoms. The molecule has 2 aliphatic rings. The molecule has 7 rings (SSSR count). The Morgan fingerprint density at radius 2 is 1.66 bits per heavy atom. The van der Waals surface area contributed by atoms with Crippen molar-refractivity contribution >= 4 is 51.4 Å². The predicted molar refractivity (Wildman–Crippen MR) is 201 cm³/mol. The number of primary amides is 1. The Morgan fingerprint density at radius 1 is 0.943 bits per heavy atom. The SMILES string of the molecule is COC(=O)c1ccc(CN(C)Cc2c(-c3ccc(NC(N)=O)cc3)sc3c2C(=C2CCC2)N(c2ccccc2)C(=O)N3Cc2c(F)cccc2F)nc1. The molecule has 1 saturated carbocycles. The van der Waals surface area contributed by atoms with E-state index >= 15 is 8.78 Å². The second kappa shape index (κ2) is 15.0. The number of ether oxygens (including phenoxy) is 1. The summed E-state index contributed by atoms with van der Waals surface area (Å²) in [6, 6.07) is 22.6. The largest absolute Gasteiger partial charge is 0.465 e. The maximum absolute atomic E-state index is 15.3. The van der Waals surface area contributed by atoms with E-state index in [4.69, 9.17) is 10.5 Å². The van der Waals surface area contributed by atoms with Crippen molar-refractivity contribution in [1.29, 1.82) is 0 Å². The third-order valence-electron chi connectivity index (χ3n) is 9.32. The first-order chi connectivity index (χ1) is 25.6. The van der Waals surface area contributed by atoms with Gasteiger partial charge in [0, 0.05) is 41.0 Å². The average Bonchev–Trinajstić information content (AvgIpc) is 3.49. The number of hydrogen-bond acceptors (Lipinski definition) is 7. The smallest absolute Gasteiger partial charge is 0.339 e. The van der Waals surface area contributed by atoms with Gasteiger partial charge in [0.15, 0.2) is 0 Å². The zero-order valence-corrected chi connectivity index (χ0v) is 29.9. The Balaban J connectivity index is 1.41. The van der Waals surface area contributed by atoms with Crippen LogP contribution in [0.3, 0.4) is 0 Å². The number of hydrogen-bond donors (Lipinski definition) is 2. The number of rotatable bonds is 10. The molecule has 53 heavy (non-hydrogen) atoms. The molecular formula is C40H36F2N6O4S. The number of urea groups is 2. The number of fused-ring (bicyclic) bond motifs is 1. The highest BCUT2D eigenvalue weighted by atomic mass is 32.1. The number of carbonyl (C=O) groups is 3. The number of halogens is 2. The van der Waals surface area contributed by atoms with Crippen LogP contribution in [0.5, 0.6) is 0 Å². The van der Waals surface area contributed by atoms with Gasteiger partial charge < -0.3 is 15.8 Å². The van der Waals surface area contributed by atoms with E-state index in [1.165, 1.54) is 47.7 Å². The number of pyridine rings is 1. The van der Waals surface area contributed by atoms with Gasteiger partial charge in [0.25, 0.3) is 0 Å². The van der Waals surface area contributed by atoms with E-state index < -0.39 is 29.7 Å². The molecule has 0 saturated heterocycles. The molecule has 10 nitrogen and oxygen atoms in total. The predicted octanol–water partition coefficient (Wildman–Crippen LogP) is 8.54. The average molecular weight is 735 g/mol. The molecule has 270 valence electrons. The first kappa shape index (κ1) is 35.5. The number of benzene rings is 3. The fourth-order valence-corrected chi connectivity index (χ4v) is 7.93. The molecule has 0 spiro atoms. The van der Waals surface area contributed by atoms with Crippen molar-refractivity contribution in [1.82, 2.24) is 9.88 Å². The van der Waals surface area contributed by atoms with E-state index in [0.717, 1.165) is 57.8 Å². The summed E-state index contributed by atoms with van der Waals surface area (Å²) in [6.45, 7) is 0.492. The van der Waals surface area contributed by atoms with E-state index in [2.05, 4.69) is 15.2 Å². The molecule has 0 atom stereocenters. The van der Waals surface area contributed by atoms with Gasteiger partial charge in [-0.3, -0.25) is 19.7 Å². The third kappa shape index (κ3) is 7.13. The van der Waals surface area contributed by atoms with Crippen molar-refractivity contribution in [3.05, 3.63) is 136 Å². The Morgan fingerprint density at radius 3 is 2.26 bits per heavy atom. The summed E-state index contributed by atoms with van der Waals surface area (Å²) in [5, 5.41) is 3.17. The first-order valence-corrected chi connectivity index (χ1v) is 17.8. The quantitative estimate of drug-likeness (QED) is 0.139. The Hall–Kier alpha value is -5.92. The Bertz CT molecular complexity index is 2200. The number of esters is 1. The summed E-state index contributed by atoms with van der Waals surface area (Å²) < 4.78 is 35.4. The van der Waals surface area contributed by atoms with Gasteiger partial charge in [-0.2, -0.15) is 0 Å². The molecule has 1 aliphatic heterocycles. The van der Waals surface area contributed by atoms with Gasteiger partial charge in [-0.25, -0.2) is 23.2 Å². The van der Waals surface area contributed by atoms with E-state index in [1.54, 1.807) is 29.2 Å². The van der Waals surface area contributed by atoms with Crippen LogP contribution in [0.15, 0.2) is 96.7 Å². The molecule has 5 aromatic rings. The molecule has 0 radical (unpaired) electrons. The number of allylic oxidation sites excluding steroid dienone is 1. The van der Waals surface area contributed by atoms with Crippen molar-refractivity contribution in [2.75, 3.05) is 29.3 Å². The van der Waals surface area contributed by atoms with E-state index in [0.29, 0.717) is 35.0 Å². The van der Waals surface area contributed by atoms with Gasteiger partial charge in [-0.15, -0.1) is 11.3 Å². The van der Waals surface area contributed by atoms with Gasteiger partial charge in [0.1, 0.15) is 16.6 Å². The molecule has 1 fully saturated rings. The number of thiophene rings is 1. The molecule has 1 aliphatic carbocycles. The van der Waals surface area contributed by atoms with Crippen LogP contribution in [-0.4, -0.2) is 42.1 Å². The summed E-state index contributed by atoms with van der Waals surface area (Å²) in [4.78, 5) is 49.0. The number of anilines is 3. The molecule has 3 N–H and O–H groups in total. The number of nitrogens with two attached hydrogens (primary N) is 1. The van der Waals surface area contributed by atoms with Crippen molar-refractivity contribution in [2.45, 2.75) is 38.9 Å². The van der Waals surface area contributed by atoms with Crippen LogP contribution >= 0.6 is 11.3 Å². The molecule has 4 amide bonds. The fourth-order valence-electron chi connectivity index (χ4n) is 6.61. The maximum atomic E-state index is 15.3. The van der Waals surface area contributed by atoms with Crippen LogP contribution in [0.1, 0.15) is 52.0 Å². The van der Waals surface area contributed by atoms with Crippen LogP contribution in [0, 0.1) is 11.6 Å². The highest BCUT2D eigenvalue weighted by molar-refractivity contribution is 7.20. The lowest BCUT2D eigenvalue weighted by Crippen LogP contribution is -2.47. The summed E-state index contributed by atoms with van der Waals surface area (Å²) in [5.41, 5.74) is 11.8. The normalized spacial score (nSPS) is 13.9. The Labute approximate surface area is 309 Å². The van der Waals surface area contributed by atoms with Gasteiger partial charge in [0.2, 0.25) is 0 Å². The lowest BCUT2D eigenvalue weighted by molar-refractivity contribution is 0.0600. The lowest BCUT2D eigenvalue weighted by Gasteiger charge is -2.40. The molecule has 2 aromatic heterocycles. The van der Waals surface area contributed by atoms with Crippen LogP contribution in [0.4, 0.5) is 34.7 Å². The van der Waals surface area contributed by atoms with Crippen molar-refractivity contribution < 1.29 is 27.9 Å². The zero-order valence-electron chi connectivity index (χ0n) is 29.1. The second-order valence-electron chi connectivity index (χ2n) is 12.9. The summed E-state index contributed by atoms with van der Waals surface area (Å²) in [7, 11) is 3.27. The van der Waals surface area contributed by atoms with Gasteiger partial charge >= 0.3 is 18.0 Å².